The summed E-state index contributed by atoms with van der Waals surface area (Å²) in [6, 6.07) is 5.14. The Labute approximate surface area is 228 Å². The molecule has 37 heavy (non-hydrogen) atoms. The van der Waals surface area contributed by atoms with Crippen molar-refractivity contribution < 1.29 is 19.1 Å². The maximum absolute atomic E-state index is 13.5. The van der Waals surface area contributed by atoms with Gasteiger partial charge in [-0.1, -0.05) is 48.5 Å². The third-order valence-electron chi connectivity index (χ3n) is 6.26. The van der Waals surface area contributed by atoms with E-state index in [0.717, 1.165) is 42.5 Å². The van der Waals surface area contributed by atoms with Crippen LogP contribution >= 0.6 is 34.5 Å². The van der Waals surface area contributed by atoms with Gasteiger partial charge < -0.3 is 15.4 Å². The molecule has 1 fully saturated rings. The average Bonchev–Trinajstić information content (AvgIpc) is 3.51. The van der Waals surface area contributed by atoms with Gasteiger partial charge in [-0.25, -0.2) is 9.59 Å². The minimum Gasteiger partial charge on any atom is -0.467 e. The summed E-state index contributed by atoms with van der Waals surface area (Å²) in [7, 11) is 3.10. The normalized spacial score (nSPS) is 14.6. The number of ether oxygens (including phenoxy) is 1. The zero-order chi connectivity index (χ0) is 26.5. The van der Waals surface area contributed by atoms with E-state index in [-0.39, 0.29) is 27.2 Å². The number of halogens is 2. The number of thiophene rings is 1. The van der Waals surface area contributed by atoms with Crippen LogP contribution in [0.5, 0.6) is 0 Å². The standard InChI is InChI=1S/C25H27Cl2N5O4S/c1-32-13-15(12-28-32)19-11-16(22(33)29-20(24(34)36-2)14-7-4-3-5-8-14)23(37-19)31-25(35)30-21-17(26)9-6-10-18(21)27/h6,9-14,20H,3-5,7-8H2,1-2H3,(H,29,33)(H2,30,31,35)/t20-/m0/s1. The monoisotopic (exact) mass is 563 g/mol. The van der Waals surface area contributed by atoms with Gasteiger partial charge in [0.05, 0.1) is 34.6 Å². The molecule has 9 nitrogen and oxygen atoms in total. The van der Waals surface area contributed by atoms with E-state index in [1.807, 2.05) is 0 Å². The van der Waals surface area contributed by atoms with Crippen LogP contribution in [0, 0.1) is 5.92 Å². The molecule has 3 amide bonds. The Kier molecular flexibility index (Phi) is 8.73. The number of methoxy groups -OCH3 is 1. The molecule has 0 spiro atoms. The SMILES string of the molecule is COC(=O)[C@@H](NC(=O)c1cc(-c2cnn(C)c2)sc1NC(=O)Nc1c(Cl)cccc1Cl)C1CCCCC1. The Morgan fingerprint density at radius 3 is 2.46 bits per heavy atom. The number of nitrogens with one attached hydrogen (secondary N) is 3. The van der Waals surface area contributed by atoms with E-state index in [1.54, 1.807) is 48.4 Å². The third kappa shape index (κ3) is 6.44. The molecule has 3 aromatic rings. The van der Waals surface area contributed by atoms with Crippen LogP contribution in [0.3, 0.4) is 0 Å². The van der Waals surface area contributed by atoms with Crippen molar-refractivity contribution in [3.8, 4) is 10.4 Å². The highest BCUT2D eigenvalue weighted by atomic mass is 35.5. The first-order valence-electron chi connectivity index (χ1n) is 11.8. The molecule has 1 saturated carbocycles. The van der Waals surface area contributed by atoms with Crippen molar-refractivity contribution >= 4 is 63.1 Å². The van der Waals surface area contributed by atoms with E-state index >= 15 is 0 Å². The topological polar surface area (TPSA) is 114 Å². The van der Waals surface area contributed by atoms with Gasteiger partial charge in [-0.3, -0.25) is 14.8 Å². The number of aromatic nitrogens is 2. The maximum atomic E-state index is 13.5. The number of hydrogen-bond acceptors (Lipinski definition) is 6. The molecule has 1 atom stereocenters. The van der Waals surface area contributed by atoms with E-state index in [4.69, 9.17) is 27.9 Å². The number of hydrogen-bond donors (Lipinski definition) is 3. The summed E-state index contributed by atoms with van der Waals surface area (Å²) in [4.78, 5) is 39.7. The molecule has 0 saturated heterocycles. The van der Waals surface area contributed by atoms with Gasteiger partial charge in [0, 0.05) is 23.7 Å². The molecule has 1 aromatic carbocycles. The predicted molar refractivity (Wildman–Crippen MR) is 145 cm³/mol. The summed E-state index contributed by atoms with van der Waals surface area (Å²) >= 11 is 13.6. The Balaban J connectivity index is 1.61. The zero-order valence-corrected chi connectivity index (χ0v) is 22.7. The Hall–Kier alpha value is -3.08. The number of rotatable bonds is 7. The maximum Gasteiger partial charge on any atom is 0.328 e. The van der Waals surface area contributed by atoms with Crippen molar-refractivity contribution in [1.82, 2.24) is 15.1 Å². The number of carbonyl (C=O) groups is 3. The van der Waals surface area contributed by atoms with Crippen LogP contribution in [0.1, 0.15) is 42.5 Å². The van der Waals surface area contributed by atoms with Gasteiger partial charge in [0.2, 0.25) is 0 Å². The van der Waals surface area contributed by atoms with Crippen molar-refractivity contribution in [1.29, 1.82) is 0 Å². The minimum atomic E-state index is -0.775. The number of carbonyl (C=O) groups excluding carboxylic acids is 3. The van der Waals surface area contributed by atoms with E-state index in [9.17, 15) is 14.4 Å². The number of nitrogens with zero attached hydrogens (tertiary/aromatic N) is 2. The highest BCUT2D eigenvalue weighted by molar-refractivity contribution is 7.20. The molecule has 0 radical (unpaired) electrons. The first-order chi connectivity index (χ1) is 17.8. The van der Waals surface area contributed by atoms with Gasteiger partial charge >= 0.3 is 12.0 Å². The molecule has 12 heteroatoms. The smallest absolute Gasteiger partial charge is 0.328 e. The number of urea groups is 1. The first kappa shape index (κ1) is 27.0. The Morgan fingerprint density at radius 2 is 1.84 bits per heavy atom. The number of para-hydroxylation sites is 1. The van der Waals surface area contributed by atoms with Crippen molar-refractivity contribution in [3.05, 3.63) is 52.3 Å². The molecular formula is C25H27Cl2N5O4S. The number of anilines is 2. The van der Waals surface area contributed by atoms with Gasteiger partial charge in [-0.15, -0.1) is 11.3 Å². The van der Waals surface area contributed by atoms with E-state index in [2.05, 4.69) is 21.0 Å². The van der Waals surface area contributed by atoms with Gasteiger partial charge in [-0.05, 0) is 37.0 Å². The number of amides is 3. The molecule has 0 aliphatic heterocycles. The minimum absolute atomic E-state index is 0.0105. The summed E-state index contributed by atoms with van der Waals surface area (Å²) in [6.07, 6.45) is 8.23. The summed E-state index contributed by atoms with van der Waals surface area (Å²) in [5.41, 5.74) is 1.25. The van der Waals surface area contributed by atoms with Crippen LogP contribution in [-0.4, -0.2) is 40.8 Å². The lowest BCUT2D eigenvalue weighted by Gasteiger charge is -2.29. The summed E-state index contributed by atoms with van der Waals surface area (Å²) in [5.74, 6) is -0.981. The van der Waals surface area contributed by atoms with Crippen molar-refractivity contribution in [3.63, 3.8) is 0 Å². The van der Waals surface area contributed by atoms with Crippen molar-refractivity contribution in [2.75, 3.05) is 17.7 Å². The van der Waals surface area contributed by atoms with Crippen LogP contribution in [0.4, 0.5) is 15.5 Å². The summed E-state index contributed by atoms with van der Waals surface area (Å²) in [5, 5.41) is 13.3. The predicted octanol–water partition coefficient (Wildman–Crippen LogP) is 5.95. The quantitative estimate of drug-likeness (QED) is 0.307. The lowest BCUT2D eigenvalue weighted by Crippen LogP contribution is -2.47. The van der Waals surface area contributed by atoms with Crippen LogP contribution in [-0.2, 0) is 16.6 Å². The molecule has 196 valence electrons. The van der Waals surface area contributed by atoms with Crippen molar-refractivity contribution in [2.24, 2.45) is 13.0 Å². The highest BCUT2D eigenvalue weighted by Crippen LogP contribution is 2.37. The number of benzene rings is 1. The Morgan fingerprint density at radius 1 is 1.14 bits per heavy atom. The molecular weight excluding hydrogens is 537 g/mol. The number of aryl methyl sites for hydroxylation is 1. The summed E-state index contributed by atoms with van der Waals surface area (Å²) < 4.78 is 6.64. The van der Waals surface area contributed by atoms with Crippen LogP contribution in [0.15, 0.2) is 36.7 Å². The second-order valence-electron chi connectivity index (χ2n) is 8.80. The fourth-order valence-corrected chi connectivity index (χ4v) is 5.91. The largest absolute Gasteiger partial charge is 0.467 e. The van der Waals surface area contributed by atoms with Crippen LogP contribution < -0.4 is 16.0 Å². The fourth-order valence-electron chi connectivity index (χ4n) is 4.39. The average molecular weight is 564 g/mol. The van der Waals surface area contributed by atoms with Crippen molar-refractivity contribution in [2.45, 2.75) is 38.1 Å². The van der Waals surface area contributed by atoms with Crippen LogP contribution in [0.2, 0.25) is 10.0 Å². The van der Waals surface area contributed by atoms with Gasteiger partial charge in [0.1, 0.15) is 11.0 Å². The highest BCUT2D eigenvalue weighted by Gasteiger charge is 2.33. The summed E-state index contributed by atoms with van der Waals surface area (Å²) in [6.45, 7) is 0. The second kappa shape index (κ2) is 12.0. The zero-order valence-electron chi connectivity index (χ0n) is 20.3. The molecule has 1 aliphatic carbocycles. The van der Waals surface area contributed by atoms with Gasteiger partial charge in [0.15, 0.2) is 0 Å². The van der Waals surface area contributed by atoms with Gasteiger partial charge in [-0.2, -0.15) is 5.10 Å². The van der Waals surface area contributed by atoms with E-state index in [0.29, 0.717) is 5.00 Å². The first-order valence-corrected chi connectivity index (χ1v) is 13.4. The number of esters is 1. The third-order valence-corrected chi connectivity index (χ3v) is 7.99. The lowest BCUT2D eigenvalue weighted by molar-refractivity contribution is -0.144. The molecule has 2 aromatic heterocycles. The lowest BCUT2D eigenvalue weighted by atomic mass is 9.83. The van der Waals surface area contributed by atoms with E-state index < -0.39 is 23.9 Å². The molecule has 1 aliphatic rings. The second-order valence-corrected chi connectivity index (χ2v) is 10.7. The van der Waals surface area contributed by atoms with Crippen LogP contribution in [0.25, 0.3) is 10.4 Å². The molecule has 2 heterocycles. The van der Waals surface area contributed by atoms with E-state index in [1.165, 1.54) is 18.4 Å². The fraction of sp³-hybridized carbons (Fsp3) is 0.360. The Bertz CT molecular complexity index is 1280. The molecule has 4 rings (SSSR count). The molecule has 0 bridgehead atoms. The molecule has 3 N–H and O–H groups in total. The van der Waals surface area contributed by atoms with Gasteiger partial charge in [0.25, 0.3) is 5.91 Å². The molecule has 0 unspecified atom stereocenters.